The van der Waals surface area contributed by atoms with Crippen LogP contribution in [0, 0.1) is 22.7 Å². The number of benzene rings is 19. The van der Waals surface area contributed by atoms with Gasteiger partial charge in [0.1, 0.15) is 0 Å². The average molecular weight is 1470 g/mol. The van der Waals surface area contributed by atoms with Crippen molar-refractivity contribution >= 4 is 75.4 Å². The van der Waals surface area contributed by atoms with E-state index in [2.05, 4.69) is 237 Å². The van der Waals surface area contributed by atoms with Crippen LogP contribution in [0.4, 0.5) is 0 Å². The first-order valence-corrected chi connectivity index (χ1v) is 38.9. The van der Waals surface area contributed by atoms with Crippen molar-refractivity contribution in [2.45, 2.75) is 0 Å². The van der Waals surface area contributed by atoms with Crippen molar-refractivity contribution in [1.82, 2.24) is 29.9 Å². The van der Waals surface area contributed by atoms with Crippen LogP contribution in [0.3, 0.4) is 0 Å². The van der Waals surface area contributed by atoms with Crippen molar-refractivity contribution < 1.29 is 0 Å². The molecule has 0 amide bonds. The van der Waals surface area contributed by atoms with Gasteiger partial charge in [0, 0.05) is 44.2 Å². The molecule has 0 radical (unpaired) electrons. The predicted molar refractivity (Wildman–Crippen MR) is 475 cm³/mol. The molecule has 534 valence electrons. The Bertz CT molecular complexity index is 7610. The summed E-state index contributed by atoms with van der Waals surface area (Å²) in [4.78, 5) is 30.1. The highest BCUT2D eigenvalue weighted by molar-refractivity contribution is 6.27. The minimum atomic E-state index is 0.628. The lowest BCUT2D eigenvalue weighted by Gasteiger charge is -2.18. The molecule has 0 saturated carbocycles. The van der Waals surface area contributed by atoms with Crippen LogP contribution in [-0.4, -0.2) is 29.9 Å². The van der Waals surface area contributed by atoms with Gasteiger partial charge in [0.05, 0.1) is 23.3 Å². The second-order valence-corrected chi connectivity index (χ2v) is 29.6. The van der Waals surface area contributed by atoms with E-state index >= 15 is 0 Å². The lowest BCUT2D eigenvalue weighted by Crippen LogP contribution is -2.00. The van der Waals surface area contributed by atoms with Gasteiger partial charge in [-0.25, -0.2) is 29.9 Å². The summed E-state index contributed by atoms with van der Waals surface area (Å²) in [6.07, 6.45) is 0. The third kappa shape index (κ3) is 11.1. The largest absolute Gasteiger partial charge is 0.208 e. The zero-order valence-electron chi connectivity index (χ0n) is 62.4. The maximum absolute atomic E-state index is 10.1. The zero-order chi connectivity index (χ0) is 76.9. The third-order valence-corrected chi connectivity index (χ3v) is 23.2. The zero-order valence-corrected chi connectivity index (χ0v) is 62.4. The summed E-state index contributed by atoms with van der Waals surface area (Å²) in [6, 6.07) is 137. The molecule has 2 aliphatic rings. The van der Waals surface area contributed by atoms with Crippen molar-refractivity contribution in [1.29, 1.82) is 10.5 Å². The maximum Gasteiger partial charge on any atom is 0.164 e. The number of hydrogen-bond acceptors (Lipinski definition) is 8. The average Bonchev–Trinajstić information content (AvgIpc) is 1.56. The van der Waals surface area contributed by atoms with Crippen molar-refractivity contribution in [3.63, 3.8) is 0 Å². The molecular weight excluding hydrogens is 1410 g/mol. The summed E-state index contributed by atoms with van der Waals surface area (Å²) in [7, 11) is 0. The molecule has 0 unspecified atom stereocenters. The Hall–Kier alpha value is -16.0. The van der Waals surface area contributed by atoms with Crippen LogP contribution >= 0.6 is 0 Å². The van der Waals surface area contributed by atoms with Gasteiger partial charge in [-0.05, 0) is 190 Å². The van der Waals surface area contributed by atoms with Crippen LogP contribution in [0.15, 0.2) is 376 Å². The highest BCUT2D eigenvalue weighted by Gasteiger charge is 2.29. The normalized spacial score (nSPS) is 11.6. The molecule has 0 N–H and O–H groups in total. The summed E-state index contributed by atoms with van der Waals surface area (Å²) in [5.41, 5.74) is 26.1. The number of fused-ring (bicyclic) bond motifs is 11. The number of nitriles is 2. The predicted octanol–water partition coefficient (Wildman–Crippen LogP) is 27.5. The fraction of sp³-hybridized carbons (Fsp3) is 0. The fourth-order valence-corrected chi connectivity index (χ4v) is 17.9. The highest BCUT2D eigenvalue weighted by atomic mass is 15.0. The van der Waals surface area contributed by atoms with Crippen LogP contribution in [0.2, 0.25) is 0 Å². The molecule has 2 heterocycles. The van der Waals surface area contributed by atoms with E-state index in [4.69, 9.17) is 29.9 Å². The van der Waals surface area contributed by atoms with Gasteiger partial charge < -0.3 is 0 Å². The molecule has 0 atom stereocenters. The number of hydrogen-bond donors (Lipinski definition) is 0. The number of aromatic nitrogens is 6. The monoisotopic (exact) mass is 1470 g/mol. The van der Waals surface area contributed by atoms with Crippen LogP contribution in [0.1, 0.15) is 11.1 Å². The van der Waals surface area contributed by atoms with Crippen LogP contribution in [0.5, 0.6) is 0 Å². The molecule has 0 saturated heterocycles. The molecular formula is C108H62N8. The lowest BCUT2D eigenvalue weighted by molar-refractivity contribution is 1.07. The third-order valence-electron chi connectivity index (χ3n) is 23.2. The smallest absolute Gasteiger partial charge is 0.164 e. The van der Waals surface area contributed by atoms with E-state index in [0.717, 1.165) is 121 Å². The minimum Gasteiger partial charge on any atom is -0.208 e. The molecule has 0 bridgehead atoms. The highest BCUT2D eigenvalue weighted by Crippen LogP contribution is 2.56. The quantitative estimate of drug-likeness (QED) is 0.124. The molecule has 0 aliphatic heterocycles. The van der Waals surface area contributed by atoms with E-state index in [0.29, 0.717) is 46.1 Å². The molecule has 0 spiro atoms. The van der Waals surface area contributed by atoms with Gasteiger partial charge in [-0.1, -0.05) is 340 Å². The fourth-order valence-electron chi connectivity index (χ4n) is 17.9. The summed E-state index contributed by atoms with van der Waals surface area (Å²) >= 11 is 0. The molecule has 8 heteroatoms. The number of rotatable bonds is 10. The second-order valence-electron chi connectivity index (χ2n) is 29.6. The summed E-state index contributed by atoms with van der Waals surface area (Å²) in [5.74, 6) is 3.82. The Morgan fingerprint density at radius 3 is 0.845 bits per heavy atom. The van der Waals surface area contributed by atoms with Gasteiger partial charge in [0.2, 0.25) is 0 Å². The summed E-state index contributed by atoms with van der Waals surface area (Å²) in [6.45, 7) is 0. The molecule has 21 aromatic rings. The van der Waals surface area contributed by atoms with Gasteiger partial charge >= 0.3 is 0 Å². The van der Waals surface area contributed by atoms with Gasteiger partial charge in [-0.3, -0.25) is 0 Å². The van der Waals surface area contributed by atoms with E-state index in [-0.39, 0.29) is 0 Å². The van der Waals surface area contributed by atoms with E-state index < -0.39 is 0 Å². The van der Waals surface area contributed by atoms with E-state index in [1.165, 1.54) is 77.0 Å². The summed E-state index contributed by atoms with van der Waals surface area (Å²) in [5, 5.41) is 35.8. The molecule has 23 rings (SSSR count). The first-order chi connectivity index (χ1) is 57.4. The maximum atomic E-state index is 10.1. The molecule has 2 aliphatic carbocycles. The first-order valence-electron chi connectivity index (χ1n) is 38.9. The Morgan fingerprint density at radius 1 is 0.155 bits per heavy atom. The van der Waals surface area contributed by atoms with Crippen LogP contribution in [0.25, 0.3) is 233 Å². The molecule has 2 aromatic heterocycles. The molecule has 0 fully saturated rings. The minimum absolute atomic E-state index is 0.628. The van der Waals surface area contributed by atoms with E-state index in [1.54, 1.807) is 0 Å². The van der Waals surface area contributed by atoms with Gasteiger partial charge in [-0.2, -0.15) is 10.5 Å². The Kier molecular flexibility index (Phi) is 15.9. The van der Waals surface area contributed by atoms with E-state index in [1.807, 2.05) is 152 Å². The Labute approximate surface area is 668 Å². The Balaban J connectivity index is 0.000000141. The summed E-state index contributed by atoms with van der Waals surface area (Å²) < 4.78 is 0. The van der Waals surface area contributed by atoms with Crippen LogP contribution in [-0.2, 0) is 0 Å². The first kappa shape index (κ1) is 66.9. The molecule has 8 nitrogen and oxygen atoms in total. The topological polar surface area (TPSA) is 125 Å². The lowest BCUT2D eigenvalue weighted by atomic mass is 9.85. The van der Waals surface area contributed by atoms with Crippen molar-refractivity contribution in [3.8, 4) is 169 Å². The van der Waals surface area contributed by atoms with Gasteiger partial charge in [0.15, 0.2) is 34.9 Å². The van der Waals surface area contributed by atoms with Gasteiger partial charge in [0.25, 0.3) is 0 Å². The number of nitrogens with zero attached hydrogens (tertiary/aromatic N) is 8. The van der Waals surface area contributed by atoms with Crippen LogP contribution < -0.4 is 0 Å². The Morgan fingerprint density at radius 2 is 0.440 bits per heavy atom. The van der Waals surface area contributed by atoms with Crippen molar-refractivity contribution in [2.75, 3.05) is 0 Å². The van der Waals surface area contributed by atoms with Crippen molar-refractivity contribution in [2.24, 2.45) is 0 Å². The SMILES string of the molecule is N#Cc1cccc2c(-c3ccc4c5c(ccc(-c6ccc7ccc(-c8nc(-c9ccccc9)nc(-c9ccccc9)n8)cc7c6)c35)-c3ccccc3-4)cccc12.N#Cc1cccc2c(-c3ccc4c5c(ccc(-c6cccc7cc8c(-c9nc(-c%10ccccc%10)nc(-c%10ccccc%10)n9)cccc8cc67)c35)-c3ccccc3-4)cccc12. The van der Waals surface area contributed by atoms with E-state index in [9.17, 15) is 10.5 Å². The van der Waals surface area contributed by atoms with Crippen molar-refractivity contribution in [3.05, 3.63) is 387 Å². The molecule has 19 aromatic carbocycles. The van der Waals surface area contributed by atoms with Gasteiger partial charge in [-0.15, -0.1) is 0 Å². The second kappa shape index (κ2) is 27.5. The standard InChI is InChI=1S/C56H32N4.C52H30N4/c57-33-38-19-11-23-40-39(38)22-12-25-43(40)47-28-27-45-41-20-7-8-21-42(41)46-29-30-48(53(47)52(45)46)44-24-9-17-36-32-51-37(31-50(36)44)18-10-26-49(51)56-59-54(34-13-3-1-4-14-34)58-55(60-56)35-15-5-2-6-16-35;53-31-37-15-9-19-41-39(37)18-10-20-44(41)45-27-28-47-43-17-8-7-16-42(43)46-26-25-40(48(45)49(46)47)35-23-21-32-22-24-36(30-38(32)29-35)52-55-50(33-11-3-1-4-12-33)54-51(56-52)34-13-5-2-6-14-34/h1-32H;1-30H. The molecule has 116 heavy (non-hydrogen) atoms.